The Balaban J connectivity index is 1.64. The highest BCUT2D eigenvalue weighted by Crippen LogP contribution is 2.45. The summed E-state index contributed by atoms with van der Waals surface area (Å²) in [4.78, 5) is 22.0. The van der Waals surface area contributed by atoms with Crippen molar-refractivity contribution in [2.45, 2.75) is 31.5 Å². The molecule has 0 bridgehead atoms. The van der Waals surface area contributed by atoms with Crippen LogP contribution >= 0.6 is 11.6 Å². The molecule has 9 heteroatoms. The van der Waals surface area contributed by atoms with Crippen molar-refractivity contribution in [1.29, 1.82) is 0 Å². The first-order valence-electron chi connectivity index (χ1n) is 12.0. The lowest BCUT2D eigenvalue weighted by molar-refractivity contribution is 0.0372. The van der Waals surface area contributed by atoms with Crippen LogP contribution in [0.4, 0.5) is 11.6 Å². The summed E-state index contributed by atoms with van der Waals surface area (Å²) in [6.45, 7) is 6.39. The average molecular weight is 496 g/mol. The number of aliphatic hydroxyl groups is 1. The molecule has 2 atom stereocenters. The third-order valence-electron chi connectivity index (χ3n) is 6.83. The lowest BCUT2D eigenvalue weighted by Gasteiger charge is -2.30. The number of aromatic nitrogens is 2. The largest absolute Gasteiger partial charge is 0.488 e. The Bertz CT molecular complexity index is 1250. The number of hydrogen-bond donors (Lipinski definition) is 2. The highest BCUT2D eigenvalue weighted by molar-refractivity contribution is 6.37. The van der Waals surface area contributed by atoms with E-state index in [0.29, 0.717) is 41.0 Å². The zero-order valence-electron chi connectivity index (χ0n) is 19.8. The maximum absolute atomic E-state index is 13.1. The fourth-order valence-corrected chi connectivity index (χ4v) is 5.30. The second-order valence-corrected chi connectivity index (χ2v) is 9.47. The molecule has 1 fully saturated rings. The van der Waals surface area contributed by atoms with Crippen molar-refractivity contribution in [1.82, 2.24) is 14.5 Å². The number of anilines is 2. The number of nitrogens with zero attached hydrogens (tertiary/aromatic N) is 4. The minimum Gasteiger partial charge on any atom is -0.488 e. The number of halogens is 1. The Labute approximate surface area is 209 Å². The van der Waals surface area contributed by atoms with Crippen LogP contribution in [0.5, 0.6) is 5.75 Å². The van der Waals surface area contributed by atoms with E-state index in [-0.39, 0.29) is 11.9 Å². The number of hydrogen-bond acceptors (Lipinski definition) is 6. The molecule has 0 spiro atoms. The average Bonchev–Trinajstić information content (AvgIpc) is 3.05. The number of amides is 1. The molecule has 2 aliphatic rings. The van der Waals surface area contributed by atoms with Crippen LogP contribution in [0.25, 0.3) is 11.0 Å². The maximum atomic E-state index is 13.1. The monoisotopic (exact) mass is 495 g/mol. The Morgan fingerprint density at radius 3 is 2.89 bits per heavy atom. The highest BCUT2D eigenvalue weighted by Gasteiger charge is 2.30. The molecule has 1 saturated heterocycles. The number of imidazole rings is 1. The van der Waals surface area contributed by atoms with Gasteiger partial charge in [-0.05, 0) is 37.1 Å². The van der Waals surface area contributed by atoms with E-state index >= 15 is 0 Å². The Morgan fingerprint density at radius 2 is 2.11 bits per heavy atom. The van der Waals surface area contributed by atoms with Crippen LogP contribution in [-0.4, -0.2) is 65.0 Å². The topological polar surface area (TPSA) is 82.9 Å². The Morgan fingerprint density at radius 1 is 1.31 bits per heavy atom. The van der Waals surface area contributed by atoms with Crippen molar-refractivity contribution in [2.75, 3.05) is 43.5 Å². The zero-order valence-corrected chi connectivity index (χ0v) is 20.5. The van der Waals surface area contributed by atoms with E-state index in [4.69, 9.17) is 21.3 Å². The number of benzene rings is 2. The summed E-state index contributed by atoms with van der Waals surface area (Å²) < 4.78 is 7.99. The van der Waals surface area contributed by atoms with Crippen LogP contribution in [0.2, 0.25) is 5.02 Å². The van der Waals surface area contributed by atoms with Gasteiger partial charge in [0.1, 0.15) is 17.9 Å². The Kier molecular flexibility index (Phi) is 6.69. The van der Waals surface area contributed by atoms with Gasteiger partial charge in [-0.15, -0.1) is 0 Å². The minimum atomic E-state index is -0.743. The summed E-state index contributed by atoms with van der Waals surface area (Å²) in [5.74, 6) is 0.820. The minimum absolute atomic E-state index is 0.0694. The molecule has 0 radical (unpaired) electrons. The predicted octanol–water partition coefficient (Wildman–Crippen LogP) is 4.30. The smallest absolute Gasteiger partial charge is 0.257 e. The van der Waals surface area contributed by atoms with Crippen LogP contribution in [0.3, 0.4) is 0 Å². The van der Waals surface area contributed by atoms with Gasteiger partial charge in [-0.1, -0.05) is 42.8 Å². The van der Waals surface area contributed by atoms with Gasteiger partial charge in [0.15, 0.2) is 5.75 Å². The number of nitrogens with one attached hydrogen (secondary N) is 1. The van der Waals surface area contributed by atoms with E-state index in [1.165, 1.54) is 0 Å². The maximum Gasteiger partial charge on any atom is 0.257 e. The van der Waals surface area contributed by atoms with Gasteiger partial charge in [-0.2, -0.15) is 0 Å². The summed E-state index contributed by atoms with van der Waals surface area (Å²) in [5, 5.41) is 14.0. The molecule has 0 aliphatic carbocycles. The molecule has 2 N–H and O–H groups in total. The molecule has 8 nitrogen and oxygen atoms in total. The molecule has 3 aromatic rings. The highest BCUT2D eigenvalue weighted by atomic mass is 35.5. The number of likely N-dealkylation sites (tertiary alicyclic amines) is 1. The number of aliphatic hydroxyl groups excluding tert-OH is 1. The summed E-state index contributed by atoms with van der Waals surface area (Å²) in [6, 6.07) is 11.0. The van der Waals surface area contributed by atoms with Gasteiger partial charge in [0, 0.05) is 25.7 Å². The lowest BCUT2D eigenvalue weighted by Crippen LogP contribution is -2.37. The molecule has 1 aromatic heterocycles. The first-order valence-corrected chi connectivity index (χ1v) is 12.3. The normalized spacial score (nSPS) is 19.5. The second-order valence-electron chi connectivity index (χ2n) is 9.10. The van der Waals surface area contributed by atoms with E-state index in [2.05, 4.69) is 16.8 Å². The van der Waals surface area contributed by atoms with Crippen LogP contribution < -0.4 is 15.0 Å². The van der Waals surface area contributed by atoms with Gasteiger partial charge in [0.05, 0.1) is 29.3 Å². The van der Waals surface area contributed by atoms with Gasteiger partial charge >= 0.3 is 0 Å². The van der Waals surface area contributed by atoms with E-state index in [0.717, 1.165) is 43.6 Å². The van der Waals surface area contributed by atoms with Crippen LogP contribution in [-0.2, 0) is 0 Å². The van der Waals surface area contributed by atoms with Crippen molar-refractivity contribution in [3.63, 3.8) is 0 Å². The molecule has 1 amide bonds. The number of ether oxygens (including phenoxy) is 1. The number of likely N-dealkylation sites (N-methyl/N-ethyl adjacent to an activating group) is 1. The van der Waals surface area contributed by atoms with Gasteiger partial charge < -0.3 is 19.3 Å². The van der Waals surface area contributed by atoms with Crippen molar-refractivity contribution in [3.8, 4) is 5.75 Å². The predicted molar refractivity (Wildman–Crippen MR) is 139 cm³/mol. The van der Waals surface area contributed by atoms with Crippen molar-refractivity contribution in [2.24, 2.45) is 0 Å². The zero-order chi connectivity index (χ0) is 24.5. The first kappa shape index (κ1) is 23.7. The second kappa shape index (κ2) is 9.89. The fourth-order valence-electron chi connectivity index (χ4n) is 4.97. The quantitative estimate of drug-likeness (QED) is 0.513. The number of carbonyl (C=O) groups excluding carboxylic acids is 1. The van der Waals surface area contributed by atoms with Gasteiger partial charge in [0.2, 0.25) is 5.95 Å². The molecular weight excluding hydrogens is 466 g/mol. The summed E-state index contributed by atoms with van der Waals surface area (Å²) >= 11 is 6.98. The molecule has 184 valence electrons. The number of carbonyl (C=O) groups is 1. The molecule has 5 rings (SSSR count). The van der Waals surface area contributed by atoms with Gasteiger partial charge in [-0.3, -0.25) is 15.0 Å². The third-order valence-corrected chi connectivity index (χ3v) is 7.18. The standard InChI is InChI=1S/C26H30ClN5O3/c1-3-21(33)31-12-8-7-11-18(16-31)32-23-19(15-20-24(22(23)27)35-14-13-30(20)2)28-26(32)29-25(34)17-9-5-4-6-10-17/h3-6,9-10,15,18,21,33H,1,7-8,11-14,16H2,2H3,(H,28,29,34)/t18-,21?/m1/s1. The fraction of sp³-hybridized carbons (Fsp3) is 0.385. The number of fused-ring (bicyclic) bond motifs is 2. The molecular formula is C26H30ClN5O3. The third kappa shape index (κ3) is 4.49. The molecule has 35 heavy (non-hydrogen) atoms. The summed E-state index contributed by atoms with van der Waals surface area (Å²) in [7, 11) is 2.00. The Hall–Kier alpha value is -3.07. The molecule has 1 unspecified atom stereocenters. The lowest BCUT2D eigenvalue weighted by atomic mass is 10.1. The van der Waals surface area contributed by atoms with Crippen molar-refractivity contribution >= 4 is 40.2 Å². The number of rotatable bonds is 5. The van der Waals surface area contributed by atoms with Crippen molar-refractivity contribution in [3.05, 3.63) is 59.6 Å². The molecule has 0 saturated carbocycles. The van der Waals surface area contributed by atoms with Gasteiger partial charge in [0.25, 0.3) is 5.91 Å². The molecule has 2 aromatic carbocycles. The summed E-state index contributed by atoms with van der Waals surface area (Å²) in [6.07, 6.45) is 3.58. The van der Waals surface area contributed by atoms with E-state index in [1.807, 2.05) is 40.8 Å². The van der Waals surface area contributed by atoms with E-state index in [9.17, 15) is 9.90 Å². The SMILES string of the molecule is C=CC(O)N1CCCC[C@@H](n2c(NC(=O)c3ccccc3)nc3cc4c(c(Cl)c32)OCCN4C)C1. The van der Waals surface area contributed by atoms with Crippen LogP contribution in [0, 0.1) is 0 Å². The van der Waals surface area contributed by atoms with E-state index < -0.39 is 6.23 Å². The first-order chi connectivity index (χ1) is 17.0. The van der Waals surface area contributed by atoms with Crippen molar-refractivity contribution < 1.29 is 14.6 Å². The van der Waals surface area contributed by atoms with Crippen LogP contribution in [0.15, 0.2) is 49.1 Å². The van der Waals surface area contributed by atoms with Crippen LogP contribution in [0.1, 0.15) is 35.7 Å². The molecule has 2 aliphatic heterocycles. The van der Waals surface area contributed by atoms with E-state index in [1.54, 1.807) is 18.2 Å². The van der Waals surface area contributed by atoms with Gasteiger partial charge in [-0.25, -0.2) is 4.98 Å². The molecule has 3 heterocycles. The summed E-state index contributed by atoms with van der Waals surface area (Å²) in [5.41, 5.74) is 2.84.